The lowest BCUT2D eigenvalue weighted by Crippen LogP contribution is -2.09. The van der Waals surface area contributed by atoms with E-state index in [4.69, 9.17) is 15.7 Å². The third-order valence-electron chi connectivity index (χ3n) is 0.213. The van der Waals surface area contributed by atoms with Crippen LogP contribution in [0.25, 0.3) is 0 Å². The molecule has 6 heavy (non-hydrogen) atoms. The summed E-state index contributed by atoms with van der Waals surface area (Å²) in [6.45, 7) is 0.199. The summed E-state index contributed by atoms with van der Waals surface area (Å²) in [7, 11) is 9.45. The molecule has 0 aromatic carbocycles. The lowest BCUT2D eigenvalue weighted by molar-refractivity contribution is -0.128. The standard InChI is InChI=1S/C2H2B2O2/c3-2(4)6-1-5/h1-2H. The van der Waals surface area contributed by atoms with Crippen LogP contribution < -0.4 is 0 Å². The Morgan fingerprint density at radius 1 is 1.67 bits per heavy atom. The zero-order chi connectivity index (χ0) is 4.99. The Morgan fingerprint density at radius 3 is 2.17 bits per heavy atom. The summed E-state index contributed by atoms with van der Waals surface area (Å²) in [6, 6.07) is 0. The van der Waals surface area contributed by atoms with Crippen molar-refractivity contribution in [3.63, 3.8) is 0 Å². The maximum absolute atomic E-state index is 9.23. The molecule has 0 spiro atoms. The van der Waals surface area contributed by atoms with E-state index in [0.717, 1.165) is 0 Å². The third-order valence-corrected chi connectivity index (χ3v) is 0.213. The minimum absolute atomic E-state index is 0.199. The average molecular weight is 79.7 g/mol. The molecule has 0 saturated carbocycles. The summed E-state index contributed by atoms with van der Waals surface area (Å²) in [6.07, 6.45) is 0. The first-order valence-electron chi connectivity index (χ1n) is 1.37. The van der Waals surface area contributed by atoms with Crippen LogP contribution in [0.5, 0.6) is 0 Å². The Labute approximate surface area is 38.7 Å². The van der Waals surface area contributed by atoms with Crippen molar-refractivity contribution in [2.24, 2.45) is 0 Å². The fourth-order valence-corrected chi connectivity index (χ4v) is 0.0642. The molecule has 2 nitrogen and oxygen atoms in total. The summed E-state index contributed by atoms with van der Waals surface area (Å²) in [5.41, 5.74) is 0. The van der Waals surface area contributed by atoms with E-state index in [1.807, 2.05) is 0 Å². The largest absolute Gasteiger partial charge is 0.485 e. The summed E-state index contributed by atoms with van der Waals surface area (Å²) < 4.78 is 3.92. The molecule has 0 bridgehead atoms. The molecule has 0 heterocycles. The van der Waals surface area contributed by atoms with Crippen molar-refractivity contribution >= 4 is 22.2 Å². The lowest BCUT2D eigenvalue weighted by Gasteiger charge is -1.97. The smallest absolute Gasteiger partial charge is 0.291 e. The van der Waals surface area contributed by atoms with E-state index in [1.165, 1.54) is 0 Å². The molecule has 4 heteroatoms. The number of hydrogen-bond donors (Lipinski definition) is 0. The Kier molecular flexibility index (Phi) is 2.63. The predicted octanol–water partition coefficient (Wildman–Crippen LogP) is -1.22. The number of rotatable bonds is 2. The Bertz CT molecular complexity index is 44.8. The van der Waals surface area contributed by atoms with Crippen LogP contribution in [0.2, 0.25) is 0 Å². The van der Waals surface area contributed by atoms with Crippen molar-refractivity contribution in [2.45, 2.75) is 5.90 Å². The van der Waals surface area contributed by atoms with E-state index in [-0.39, 0.29) is 6.47 Å². The summed E-state index contributed by atoms with van der Waals surface area (Å²) >= 11 is 0. The van der Waals surface area contributed by atoms with Crippen molar-refractivity contribution in [3.05, 3.63) is 0 Å². The van der Waals surface area contributed by atoms with Crippen molar-refractivity contribution < 1.29 is 9.53 Å². The van der Waals surface area contributed by atoms with Gasteiger partial charge >= 0.3 is 0 Å². The Hall–Kier alpha value is -0.400. The molecule has 0 rings (SSSR count). The molecule has 0 N–H and O–H groups in total. The minimum atomic E-state index is -0.970. The van der Waals surface area contributed by atoms with E-state index in [9.17, 15) is 4.79 Å². The van der Waals surface area contributed by atoms with Gasteiger partial charge in [0, 0.05) is 5.90 Å². The molecule has 0 aromatic rings. The SMILES string of the molecule is [B]C([B])OC=O. The molecular formula is C2H2B2O2. The van der Waals surface area contributed by atoms with Gasteiger partial charge in [-0.05, 0) is 0 Å². The van der Waals surface area contributed by atoms with Gasteiger partial charge in [-0.15, -0.1) is 0 Å². The molecule has 4 radical (unpaired) electrons. The topological polar surface area (TPSA) is 26.3 Å². The highest BCUT2D eigenvalue weighted by molar-refractivity contribution is 6.35. The van der Waals surface area contributed by atoms with Gasteiger partial charge in [-0.1, -0.05) is 0 Å². The molecule has 0 atom stereocenters. The molecule has 0 saturated heterocycles. The molecule has 0 aliphatic rings. The van der Waals surface area contributed by atoms with Crippen LogP contribution in [0.4, 0.5) is 0 Å². The molecule has 0 unspecified atom stereocenters. The molecule has 0 aliphatic heterocycles. The first kappa shape index (κ1) is 5.60. The van der Waals surface area contributed by atoms with Gasteiger partial charge in [-0.2, -0.15) is 0 Å². The second kappa shape index (κ2) is 2.82. The molecule has 0 aromatic heterocycles. The second-order valence-corrected chi connectivity index (χ2v) is 0.697. The highest BCUT2D eigenvalue weighted by atomic mass is 16.5. The van der Waals surface area contributed by atoms with E-state index < -0.39 is 5.90 Å². The average Bonchev–Trinajstić information content (AvgIpc) is 1.35. The summed E-state index contributed by atoms with van der Waals surface area (Å²) in [5.74, 6) is -0.970. The van der Waals surface area contributed by atoms with Crippen LogP contribution in [0.15, 0.2) is 0 Å². The lowest BCUT2D eigenvalue weighted by atomic mass is 9.82. The van der Waals surface area contributed by atoms with Gasteiger partial charge in [0.1, 0.15) is 15.7 Å². The van der Waals surface area contributed by atoms with Crippen molar-refractivity contribution in [1.29, 1.82) is 0 Å². The fourth-order valence-electron chi connectivity index (χ4n) is 0.0642. The molecule has 0 aliphatic carbocycles. The Balaban J connectivity index is 2.81. The van der Waals surface area contributed by atoms with Crippen LogP contribution in [-0.2, 0) is 9.53 Å². The van der Waals surface area contributed by atoms with Crippen molar-refractivity contribution in [1.82, 2.24) is 0 Å². The zero-order valence-electron chi connectivity index (χ0n) is 3.13. The second-order valence-electron chi connectivity index (χ2n) is 0.697. The fraction of sp³-hybridized carbons (Fsp3) is 0.500. The number of ether oxygens (including phenoxy) is 1. The van der Waals surface area contributed by atoms with Gasteiger partial charge in [0.05, 0.1) is 0 Å². The van der Waals surface area contributed by atoms with E-state index in [2.05, 4.69) is 4.74 Å². The number of hydrogen-bond acceptors (Lipinski definition) is 2. The van der Waals surface area contributed by atoms with Crippen LogP contribution in [0.1, 0.15) is 0 Å². The predicted molar refractivity (Wildman–Crippen MR) is 22.4 cm³/mol. The Morgan fingerprint density at radius 2 is 2.17 bits per heavy atom. The van der Waals surface area contributed by atoms with Gasteiger partial charge in [0.15, 0.2) is 0 Å². The maximum atomic E-state index is 9.23. The van der Waals surface area contributed by atoms with E-state index in [0.29, 0.717) is 0 Å². The normalized spacial score (nSPS) is 8.17. The summed E-state index contributed by atoms with van der Waals surface area (Å²) in [4.78, 5) is 9.23. The van der Waals surface area contributed by atoms with Crippen LogP contribution in [-0.4, -0.2) is 28.1 Å². The first-order chi connectivity index (χ1) is 2.77. The van der Waals surface area contributed by atoms with E-state index in [1.54, 1.807) is 0 Å². The minimum Gasteiger partial charge on any atom is -0.485 e. The van der Waals surface area contributed by atoms with Gasteiger partial charge < -0.3 is 4.74 Å². The van der Waals surface area contributed by atoms with Crippen LogP contribution >= 0.6 is 0 Å². The van der Waals surface area contributed by atoms with Gasteiger partial charge in [-0.3, -0.25) is 4.79 Å². The summed E-state index contributed by atoms with van der Waals surface area (Å²) in [5, 5.41) is 0. The molecule has 0 amide bonds. The van der Waals surface area contributed by atoms with Crippen molar-refractivity contribution in [3.8, 4) is 0 Å². The zero-order valence-corrected chi connectivity index (χ0v) is 3.13. The van der Waals surface area contributed by atoms with Crippen molar-refractivity contribution in [2.75, 3.05) is 0 Å². The highest BCUT2D eigenvalue weighted by Crippen LogP contribution is 1.66. The maximum Gasteiger partial charge on any atom is 0.291 e. The van der Waals surface area contributed by atoms with Crippen LogP contribution in [0, 0.1) is 0 Å². The van der Waals surface area contributed by atoms with Gasteiger partial charge in [0.25, 0.3) is 6.47 Å². The number of carbonyl (C=O) groups excluding carboxylic acids is 1. The monoisotopic (exact) mass is 80.0 g/mol. The highest BCUT2D eigenvalue weighted by Gasteiger charge is 1.83. The third kappa shape index (κ3) is 3.60. The molecule has 0 fully saturated rings. The van der Waals surface area contributed by atoms with E-state index >= 15 is 0 Å². The van der Waals surface area contributed by atoms with Gasteiger partial charge in [0.2, 0.25) is 0 Å². The van der Waals surface area contributed by atoms with Crippen LogP contribution in [0.3, 0.4) is 0 Å². The molecular weight excluding hydrogens is 77.6 g/mol. The quantitative estimate of drug-likeness (QED) is 0.307. The first-order valence-corrected chi connectivity index (χ1v) is 1.37. The van der Waals surface area contributed by atoms with Gasteiger partial charge in [-0.25, -0.2) is 0 Å². The molecule has 28 valence electrons. The number of carbonyl (C=O) groups is 1.